The Labute approximate surface area is 187 Å². The van der Waals surface area contributed by atoms with Gasteiger partial charge in [-0.05, 0) is 55.8 Å². The van der Waals surface area contributed by atoms with Crippen LogP contribution in [-0.4, -0.2) is 38.9 Å². The van der Waals surface area contributed by atoms with Crippen molar-refractivity contribution in [3.8, 4) is 16.9 Å². The van der Waals surface area contributed by atoms with Gasteiger partial charge in [-0.3, -0.25) is 9.67 Å². The van der Waals surface area contributed by atoms with E-state index in [1.54, 1.807) is 10.9 Å². The van der Waals surface area contributed by atoms with Crippen LogP contribution >= 0.6 is 0 Å². The number of halogens is 3. The van der Waals surface area contributed by atoms with Crippen LogP contribution in [-0.2, 0) is 6.61 Å². The molecule has 4 aromatic rings. The lowest BCUT2D eigenvalue weighted by atomic mass is 10.1. The monoisotopic (exact) mass is 457 g/mol. The average Bonchev–Trinajstić information content (AvgIpc) is 3.45. The second kappa shape index (κ2) is 8.78. The summed E-state index contributed by atoms with van der Waals surface area (Å²) in [7, 11) is 0. The predicted molar refractivity (Wildman–Crippen MR) is 116 cm³/mol. The maximum atomic E-state index is 12.3. The Hall–Kier alpha value is -3.53. The van der Waals surface area contributed by atoms with Gasteiger partial charge in [0, 0.05) is 29.7 Å². The molecule has 0 bridgehead atoms. The van der Waals surface area contributed by atoms with Gasteiger partial charge in [-0.1, -0.05) is 12.1 Å². The fraction of sp³-hybridized carbons (Fsp3) is 0.304. The first-order chi connectivity index (χ1) is 15.9. The van der Waals surface area contributed by atoms with Gasteiger partial charge in [-0.25, -0.2) is 0 Å². The highest BCUT2D eigenvalue weighted by molar-refractivity contribution is 5.80. The number of benzene rings is 1. The molecule has 3 aromatic heterocycles. The molecular weight excluding hydrogens is 435 g/mol. The Morgan fingerprint density at radius 3 is 2.58 bits per heavy atom. The zero-order chi connectivity index (χ0) is 22.8. The number of hydrogen-bond donors (Lipinski definition) is 1. The number of piperidine rings is 1. The lowest BCUT2D eigenvalue weighted by Gasteiger charge is -2.22. The van der Waals surface area contributed by atoms with Crippen LogP contribution in [0.25, 0.3) is 22.2 Å². The van der Waals surface area contributed by atoms with Gasteiger partial charge in [-0.2, -0.15) is 9.83 Å². The maximum Gasteiger partial charge on any atom is 0.573 e. The quantitative estimate of drug-likeness (QED) is 0.466. The summed E-state index contributed by atoms with van der Waals surface area (Å²) < 4.78 is 44.5. The van der Waals surface area contributed by atoms with Crippen LogP contribution in [0, 0.1) is 0 Å². The van der Waals surface area contributed by atoms with E-state index >= 15 is 0 Å². The summed E-state index contributed by atoms with van der Waals surface area (Å²) in [4.78, 5) is 10.4. The van der Waals surface area contributed by atoms with Crippen molar-refractivity contribution in [2.75, 3.05) is 13.1 Å². The van der Waals surface area contributed by atoms with E-state index < -0.39 is 6.36 Å². The lowest BCUT2D eigenvalue weighted by molar-refractivity contribution is -0.274. The molecule has 0 aliphatic carbocycles. The van der Waals surface area contributed by atoms with Crippen LogP contribution in [0.1, 0.15) is 24.4 Å². The van der Waals surface area contributed by atoms with Crippen LogP contribution in [0.15, 0.2) is 61.2 Å². The lowest BCUT2D eigenvalue weighted by Crippen LogP contribution is -2.29. The first-order valence-electron chi connectivity index (χ1n) is 10.6. The molecule has 1 aliphatic rings. The Bertz CT molecular complexity index is 1230. The second-order valence-electron chi connectivity index (χ2n) is 7.93. The molecule has 33 heavy (non-hydrogen) atoms. The molecule has 0 radical (unpaired) electrons. The molecule has 0 unspecified atom stereocenters. The average molecular weight is 457 g/mol. The van der Waals surface area contributed by atoms with E-state index in [9.17, 15) is 13.2 Å². The molecule has 0 spiro atoms. The zero-order valence-corrected chi connectivity index (χ0v) is 17.6. The minimum Gasteiger partial charge on any atom is -0.409 e. The van der Waals surface area contributed by atoms with Crippen molar-refractivity contribution in [3.63, 3.8) is 0 Å². The molecule has 1 fully saturated rings. The smallest absolute Gasteiger partial charge is 0.409 e. The van der Waals surface area contributed by atoms with E-state index in [0.717, 1.165) is 48.1 Å². The molecule has 1 aliphatic heterocycles. The number of nitrogens with one attached hydrogen (secondary N) is 1. The van der Waals surface area contributed by atoms with Gasteiger partial charge in [0.2, 0.25) is 0 Å². The number of nitrogens with zero attached hydrogens (tertiary/aromatic N) is 4. The Morgan fingerprint density at radius 1 is 1.03 bits per heavy atom. The highest BCUT2D eigenvalue weighted by Crippen LogP contribution is 2.26. The number of pyridine rings is 1. The normalized spacial score (nSPS) is 15.1. The molecule has 4 heterocycles. The molecule has 0 atom stereocenters. The summed E-state index contributed by atoms with van der Waals surface area (Å²) in [5, 5.41) is 7.92. The molecular formula is C23H22F3N5O2. The van der Waals surface area contributed by atoms with E-state index in [4.69, 9.17) is 4.84 Å². The SMILES string of the molecule is FC(F)(F)Oc1ccc(COn2ccc3ncc(-c4cnn(C5CCNCC5)c4)cc32)cc1. The molecule has 10 heteroatoms. The standard InChI is InChI=1S/C23H22F3N5O2/c24-23(25,26)33-20-3-1-16(2-4-20)15-32-31-10-7-21-22(31)11-17(12-28-21)18-13-29-30(14-18)19-5-8-27-9-6-19/h1-4,7,10-14,19,27H,5-6,8-9,15H2. The van der Waals surface area contributed by atoms with Gasteiger partial charge in [0.1, 0.15) is 17.9 Å². The van der Waals surface area contributed by atoms with Gasteiger partial charge >= 0.3 is 6.36 Å². The molecule has 1 saturated heterocycles. The number of fused-ring (bicyclic) bond motifs is 1. The van der Waals surface area contributed by atoms with Gasteiger partial charge in [-0.15, -0.1) is 13.2 Å². The third-order valence-corrected chi connectivity index (χ3v) is 5.65. The zero-order valence-electron chi connectivity index (χ0n) is 17.6. The molecule has 172 valence electrons. The van der Waals surface area contributed by atoms with Crippen molar-refractivity contribution in [1.82, 2.24) is 24.8 Å². The van der Waals surface area contributed by atoms with E-state index in [1.807, 2.05) is 29.2 Å². The third-order valence-electron chi connectivity index (χ3n) is 5.65. The van der Waals surface area contributed by atoms with Crippen LogP contribution in [0.3, 0.4) is 0 Å². The van der Waals surface area contributed by atoms with Crippen LogP contribution in [0.2, 0.25) is 0 Å². The Balaban J connectivity index is 1.30. The number of rotatable bonds is 6. The van der Waals surface area contributed by atoms with E-state index in [-0.39, 0.29) is 12.4 Å². The fourth-order valence-electron chi connectivity index (χ4n) is 3.95. The van der Waals surface area contributed by atoms with Crippen molar-refractivity contribution in [2.24, 2.45) is 0 Å². The predicted octanol–water partition coefficient (Wildman–Crippen LogP) is 4.35. The molecule has 1 aromatic carbocycles. The van der Waals surface area contributed by atoms with Gasteiger partial charge in [0.25, 0.3) is 0 Å². The highest BCUT2D eigenvalue weighted by Gasteiger charge is 2.30. The topological polar surface area (TPSA) is 66.1 Å². The number of hydrogen-bond acceptors (Lipinski definition) is 5. The molecule has 0 saturated carbocycles. The Kier molecular flexibility index (Phi) is 5.67. The van der Waals surface area contributed by atoms with Gasteiger partial charge in [0.05, 0.1) is 17.8 Å². The molecule has 1 N–H and O–H groups in total. The second-order valence-corrected chi connectivity index (χ2v) is 7.93. The fourth-order valence-corrected chi connectivity index (χ4v) is 3.95. The summed E-state index contributed by atoms with van der Waals surface area (Å²) in [6.45, 7) is 2.17. The van der Waals surface area contributed by atoms with Crippen LogP contribution in [0.5, 0.6) is 5.75 Å². The first kappa shape index (κ1) is 21.3. The third kappa shape index (κ3) is 4.95. The highest BCUT2D eigenvalue weighted by atomic mass is 19.4. The summed E-state index contributed by atoms with van der Waals surface area (Å²) >= 11 is 0. The largest absolute Gasteiger partial charge is 0.573 e. The van der Waals surface area contributed by atoms with E-state index in [2.05, 4.69) is 26.3 Å². The van der Waals surface area contributed by atoms with Crippen molar-refractivity contribution < 1.29 is 22.7 Å². The van der Waals surface area contributed by atoms with E-state index in [0.29, 0.717) is 11.6 Å². The number of aromatic nitrogens is 4. The summed E-state index contributed by atoms with van der Waals surface area (Å²) in [5.41, 5.74) is 4.19. The minimum atomic E-state index is -4.71. The molecule has 5 rings (SSSR count). The molecule has 0 amide bonds. The van der Waals surface area contributed by atoms with Crippen molar-refractivity contribution in [2.45, 2.75) is 31.9 Å². The van der Waals surface area contributed by atoms with Crippen molar-refractivity contribution in [1.29, 1.82) is 0 Å². The van der Waals surface area contributed by atoms with Gasteiger partial charge < -0.3 is 14.9 Å². The Morgan fingerprint density at radius 2 is 1.82 bits per heavy atom. The molecule has 7 nitrogen and oxygen atoms in total. The van der Waals surface area contributed by atoms with Crippen LogP contribution < -0.4 is 14.9 Å². The van der Waals surface area contributed by atoms with Crippen molar-refractivity contribution in [3.05, 3.63) is 66.7 Å². The maximum absolute atomic E-state index is 12.3. The summed E-state index contributed by atoms with van der Waals surface area (Å²) in [6.07, 6.45) is 4.88. The van der Waals surface area contributed by atoms with Crippen LogP contribution in [0.4, 0.5) is 13.2 Å². The number of alkyl halides is 3. The number of ether oxygens (including phenoxy) is 1. The van der Waals surface area contributed by atoms with Crippen molar-refractivity contribution >= 4 is 11.0 Å². The van der Waals surface area contributed by atoms with Gasteiger partial charge in [0.15, 0.2) is 0 Å². The minimum absolute atomic E-state index is 0.175. The van der Waals surface area contributed by atoms with E-state index in [1.165, 1.54) is 24.3 Å². The summed E-state index contributed by atoms with van der Waals surface area (Å²) in [6, 6.07) is 9.83. The summed E-state index contributed by atoms with van der Waals surface area (Å²) in [5.74, 6) is -0.267. The first-order valence-corrected chi connectivity index (χ1v) is 10.6.